The van der Waals surface area contributed by atoms with E-state index in [1.807, 2.05) is 6.92 Å². The van der Waals surface area contributed by atoms with Gasteiger partial charge in [0.05, 0.1) is 6.61 Å². The van der Waals surface area contributed by atoms with Gasteiger partial charge in [0.15, 0.2) is 6.61 Å². The fraction of sp³-hybridized carbons (Fsp3) is 0.375. The highest BCUT2D eigenvalue weighted by Crippen LogP contribution is 2.33. The number of carbonyl (C=O) groups is 4. The average Bonchev–Trinajstić information content (AvgIpc) is 3.08. The first-order valence-corrected chi connectivity index (χ1v) is 11.5. The highest BCUT2D eigenvalue weighted by atomic mass is 16.5. The van der Waals surface area contributed by atoms with E-state index in [0.717, 1.165) is 19.3 Å². The van der Waals surface area contributed by atoms with Gasteiger partial charge in [0.2, 0.25) is 0 Å². The number of nitrogens with one attached hydrogen (secondary N) is 3. The van der Waals surface area contributed by atoms with Gasteiger partial charge in [-0.1, -0.05) is 19.3 Å². The molecule has 2 aliphatic rings. The van der Waals surface area contributed by atoms with Crippen LogP contribution in [0.3, 0.4) is 0 Å². The zero-order valence-corrected chi connectivity index (χ0v) is 19.3. The van der Waals surface area contributed by atoms with Gasteiger partial charge in [0, 0.05) is 11.9 Å². The number of imide groups is 1. The van der Waals surface area contributed by atoms with Gasteiger partial charge in [-0.05, 0) is 56.2 Å². The van der Waals surface area contributed by atoms with Gasteiger partial charge in [-0.15, -0.1) is 0 Å². The second kappa shape index (κ2) is 10.4. The van der Waals surface area contributed by atoms with Gasteiger partial charge in [-0.3, -0.25) is 15.0 Å². The van der Waals surface area contributed by atoms with E-state index in [1.165, 1.54) is 12.3 Å². The van der Waals surface area contributed by atoms with E-state index < -0.39 is 36.0 Å². The molecule has 1 aliphatic carbocycles. The number of hydrogen-bond donors (Lipinski definition) is 3. The van der Waals surface area contributed by atoms with Crippen LogP contribution in [0.2, 0.25) is 0 Å². The topological polar surface area (TPSA) is 139 Å². The number of pyridine rings is 1. The van der Waals surface area contributed by atoms with Crippen molar-refractivity contribution in [2.45, 2.75) is 44.6 Å². The molecule has 3 N–H and O–H groups in total. The second-order valence-corrected chi connectivity index (χ2v) is 8.31. The Labute approximate surface area is 202 Å². The molecule has 184 valence electrons. The van der Waals surface area contributed by atoms with Crippen LogP contribution in [0.25, 0.3) is 0 Å². The van der Waals surface area contributed by atoms with Crippen molar-refractivity contribution in [1.29, 1.82) is 0 Å². The predicted molar refractivity (Wildman–Crippen MR) is 125 cm³/mol. The summed E-state index contributed by atoms with van der Waals surface area (Å²) in [7, 11) is 0. The van der Waals surface area contributed by atoms with E-state index in [0.29, 0.717) is 35.9 Å². The molecule has 11 nitrogen and oxygen atoms in total. The first-order chi connectivity index (χ1) is 16.9. The third-order valence-electron chi connectivity index (χ3n) is 5.90. The smallest absolute Gasteiger partial charge is 0.344 e. The highest BCUT2D eigenvalue weighted by molar-refractivity contribution is 6.08. The van der Waals surface area contributed by atoms with Gasteiger partial charge in [-0.25, -0.2) is 14.6 Å². The van der Waals surface area contributed by atoms with Crippen molar-refractivity contribution in [3.8, 4) is 5.75 Å². The molecule has 0 unspecified atom stereocenters. The summed E-state index contributed by atoms with van der Waals surface area (Å²) in [4.78, 5) is 54.2. The minimum atomic E-state index is -0.962. The zero-order valence-electron chi connectivity index (χ0n) is 19.3. The van der Waals surface area contributed by atoms with Gasteiger partial charge < -0.3 is 20.1 Å². The van der Waals surface area contributed by atoms with Crippen molar-refractivity contribution >= 4 is 35.3 Å². The van der Waals surface area contributed by atoms with Crippen molar-refractivity contribution in [2.24, 2.45) is 0 Å². The summed E-state index contributed by atoms with van der Waals surface area (Å²) in [5.41, 5.74) is 2.07. The number of amides is 4. The number of benzene rings is 1. The summed E-state index contributed by atoms with van der Waals surface area (Å²) in [6, 6.07) is 9.50. The largest absolute Gasteiger partial charge is 0.494 e. The Morgan fingerprint density at radius 1 is 1.11 bits per heavy atom. The molecule has 11 heteroatoms. The van der Waals surface area contributed by atoms with Crippen LogP contribution in [0.15, 0.2) is 42.6 Å². The van der Waals surface area contributed by atoms with Crippen LogP contribution in [0.4, 0.5) is 16.3 Å². The van der Waals surface area contributed by atoms with Gasteiger partial charge in [0.1, 0.15) is 22.7 Å². The number of hydrazine groups is 1. The van der Waals surface area contributed by atoms with Crippen LogP contribution in [-0.2, 0) is 14.3 Å². The van der Waals surface area contributed by atoms with E-state index in [2.05, 4.69) is 21.0 Å². The molecule has 1 aromatic heterocycles. The molecule has 1 saturated carbocycles. The lowest BCUT2D eigenvalue weighted by molar-refractivity contribution is -0.140. The van der Waals surface area contributed by atoms with Crippen LogP contribution in [-0.4, -0.2) is 52.6 Å². The van der Waals surface area contributed by atoms with E-state index in [4.69, 9.17) is 9.47 Å². The first kappa shape index (κ1) is 24.0. The predicted octanol–water partition coefficient (Wildman–Crippen LogP) is 2.67. The lowest BCUT2D eigenvalue weighted by Crippen LogP contribution is -2.51. The maximum absolute atomic E-state index is 12.8. The van der Waals surface area contributed by atoms with Crippen molar-refractivity contribution in [1.82, 2.24) is 20.7 Å². The number of esters is 1. The molecule has 1 aromatic carbocycles. The molecule has 4 amide bonds. The number of ether oxygens (including phenoxy) is 2. The van der Waals surface area contributed by atoms with Crippen molar-refractivity contribution in [3.63, 3.8) is 0 Å². The molecule has 4 rings (SSSR count). The number of rotatable bonds is 8. The summed E-state index contributed by atoms with van der Waals surface area (Å²) in [6.07, 6.45) is 5.22. The Morgan fingerprint density at radius 3 is 2.57 bits per heavy atom. The molecule has 35 heavy (non-hydrogen) atoms. The molecule has 2 heterocycles. The Balaban J connectivity index is 1.34. The van der Waals surface area contributed by atoms with Crippen LogP contribution in [0.1, 0.15) is 49.4 Å². The molecule has 1 spiro atoms. The first-order valence-electron chi connectivity index (χ1n) is 11.5. The molecular weight excluding hydrogens is 454 g/mol. The number of hydrogen-bond acceptors (Lipinski definition) is 8. The van der Waals surface area contributed by atoms with Crippen LogP contribution in [0, 0.1) is 0 Å². The summed E-state index contributed by atoms with van der Waals surface area (Å²) in [5, 5.41) is 6.41. The fourth-order valence-electron chi connectivity index (χ4n) is 4.19. The van der Waals surface area contributed by atoms with Gasteiger partial charge in [0.25, 0.3) is 11.8 Å². The Morgan fingerprint density at radius 2 is 1.86 bits per heavy atom. The summed E-state index contributed by atoms with van der Waals surface area (Å²) in [6.45, 7) is 1.76. The number of anilines is 2. The third-order valence-corrected chi connectivity index (χ3v) is 5.90. The number of carbonyl (C=O) groups excluding carboxylic acids is 4. The van der Waals surface area contributed by atoms with Crippen molar-refractivity contribution in [3.05, 3.63) is 48.2 Å². The van der Waals surface area contributed by atoms with E-state index in [-0.39, 0.29) is 11.4 Å². The zero-order chi connectivity index (χ0) is 24.8. The average molecular weight is 482 g/mol. The monoisotopic (exact) mass is 481 g/mol. The quantitative estimate of drug-likeness (QED) is 0.386. The van der Waals surface area contributed by atoms with Crippen LogP contribution < -0.4 is 20.8 Å². The summed E-state index contributed by atoms with van der Waals surface area (Å²) < 4.78 is 10.5. The SMILES string of the molecule is CCOc1ccc(Nc2ncccc2C(=O)OCC(=O)NN2C(=O)NC3(CCCCC3)C2=O)cc1. The molecule has 0 atom stereocenters. The minimum absolute atomic E-state index is 0.116. The fourth-order valence-corrected chi connectivity index (χ4v) is 4.19. The Bertz CT molecular complexity index is 1110. The maximum atomic E-state index is 12.8. The summed E-state index contributed by atoms with van der Waals surface area (Å²) in [5.74, 6) is -1.13. The van der Waals surface area contributed by atoms with E-state index >= 15 is 0 Å². The Kier molecular flexibility index (Phi) is 7.14. The van der Waals surface area contributed by atoms with Crippen molar-refractivity contribution in [2.75, 3.05) is 18.5 Å². The molecule has 1 aliphatic heterocycles. The highest BCUT2D eigenvalue weighted by Gasteiger charge is 2.52. The maximum Gasteiger partial charge on any atom is 0.344 e. The lowest BCUT2D eigenvalue weighted by atomic mass is 9.82. The number of aromatic nitrogens is 1. The molecule has 2 fully saturated rings. The molecule has 0 bridgehead atoms. The Hall–Kier alpha value is -4.15. The summed E-state index contributed by atoms with van der Waals surface area (Å²) >= 11 is 0. The van der Waals surface area contributed by atoms with Gasteiger partial charge in [-0.2, -0.15) is 5.01 Å². The standard InChI is InChI=1S/C24H27N5O6/c1-2-34-17-10-8-16(9-11-17)26-20-18(7-6-14-25-20)21(31)35-15-19(30)28-29-22(32)24(27-23(29)33)12-4-3-5-13-24/h6-11,14H,2-5,12-13,15H2,1H3,(H,25,26)(H,27,33)(H,28,30). The second-order valence-electron chi connectivity index (χ2n) is 8.31. The minimum Gasteiger partial charge on any atom is -0.494 e. The number of urea groups is 1. The molecule has 2 aromatic rings. The molecule has 0 radical (unpaired) electrons. The third kappa shape index (κ3) is 5.34. The van der Waals surface area contributed by atoms with Crippen molar-refractivity contribution < 1.29 is 28.7 Å². The number of nitrogens with zero attached hydrogens (tertiary/aromatic N) is 2. The van der Waals surface area contributed by atoms with Crippen LogP contribution >= 0.6 is 0 Å². The normalized spacial score (nSPS) is 16.5. The molecular formula is C24H27N5O6. The molecule has 1 saturated heterocycles. The lowest BCUT2D eigenvalue weighted by Gasteiger charge is -2.30. The van der Waals surface area contributed by atoms with Crippen LogP contribution in [0.5, 0.6) is 5.75 Å². The van der Waals surface area contributed by atoms with E-state index in [9.17, 15) is 19.2 Å². The van der Waals surface area contributed by atoms with E-state index in [1.54, 1.807) is 30.3 Å². The van der Waals surface area contributed by atoms with Gasteiger partial charge >= 0.3 is 12.0 Å².